The third-order valence-electron chi connectivity index (χ3n) is 4.71. The fraction of sp³-hybridized carbons (Fsp3) is 0.643. The minimum absolute atomic E-state index is 0.219. The lowest BCUT2D eigenvalue weighted by atomic mass is 9.84. The van der Waals surface area contributed by atoms with Crippen LogP contribution in [0.2, 0.25) is 0 Å². The summed E-state index contributed by atoms with van der Waals surface area (Å²) in [7, 11) is 1.82. The lowest BCUT2D eigenvalue weighted by molar-refractivity contribution is -0.144. The van der Waals surface area contributed by atoms with Gasteiger partial charge in [-0.15, -0.1) is 0 Å². The van der Waals surface area contributed by atoms with Crippen molar-refractivity contribution in [3.8, 4) is 0 Å². The van der Waals surface area contributed by atoms with Gasteiger partial charge in [-0.25, -0.2) is 4.79 Å². The SMILES string of the molecule is Cn1cc(CNC(=O)NC2C3CCC(C3)C2C(=O)O)cn1. The zero-order valence-electron chi connectivity index (χ0n) is 12.0. The highest BCUT2D eigenvalue weighted by Crippen LogP contribution is 2.48. The number of carboxylic acid groups (broad SMARTS) is 1. The van der Waals surface area contributed by atoms with Crippen LogP contribution in [0.5, 0.6) is 0 Å². The Morgan fingerprint density at radius 2 is 2.19 bits per heavy atom. The van der Waals surface area contributed by atoms with Gasteiger partial charge in [-0.2, -0.15) is 5.10 Å². The number of hydrogen-bond acceptors (Lipinski definition) is 3. The van der Waals surface area contributed by atoms with Crippen molar-refractivity contribution >= 4 is 12.0 Å². The number of rotatable bonds is 4. The number of nitrogens with one attached hydrogen (secondary N) is 2. The van der Waals surface area contributed by atoms with Gasteiger partial charge in [-0.05, 0) is 31.1 Å². The Balaban J connectivity index is 1.55. The molecule has 1 aromatic rings. The van der Waals surface area contributed by atoms with Crippen LogP contribution in [0.25, 0.3) is 0 Å². The van der Waals surface area contributed by atoms with Gasteiger partial charge in [-0.3, -0.25) is 9.48 Å². The Bertz CT molecular complexity index is 556. The molecular formula is C14H20N4O3. The lowest BCUT2D eigenvalue weighted by Gasteiger charge is -2.28. The maximum absolute atomic E-state index is 12.0. The minimum atomic E-state index is -0.792. The zero-order valence-corrected chi connectivity index (χ0v) is 12.0. The van der Waals surface area contributed by atoms with Crippen LogP contribution in [-0.2, 0) is 18.4 Å². The topological polar surface area (TPSA) is 96.2 Å². The molecule has 21 heavy (non-hydrogen) atoms. The molecule has 1 heterocycles. The maximum Gasteiger partial charge on any atom is 0.315 e. The summed E-state index contributed by atoms with van der Waals surface area (Å²) in [6, 6.07) is -0.544. The first kappa shape index (κ1) is 13.9. The Hall–Kier alpha value is -2.05. The van der Waals surface area contributed by atoms with Crippen LogP contribution in [0.1, 0.15) is 24.8 Å². The largest absolute Gasteiger partial charge is 0.481 e. The van der Waals surface area contributed by atoms with E-state index in [1.54, 1.807) is 10.9 Å². The summed E-state index contributed by atoms with van der Waals surface area (Å²) >= 11 is 0. The van der Waals surface area contributed by atoms with Crippen molar-refractivity contribution in [2.75, 3.05) is 0 Å². The lowest BCUT2D eigenvalue weighted by Crippen LogP contribution is -2.50. The van der Waals surface area contributed by atoms with Gasteiger partial charge in [0.25, 0.3) is 0 Å². The van der Waals surface area contributed by atoms with E-state index in [9.17, 15) is 14.7 Å². The van der Waals surface area contributed by atoms with Crippen LogP contribution < -0.4 is 10.6 Å². The van der Waals surface area contributed by atoms with E-state index >= 15 is 0 Å². The Labute approximate surface area is 122 Å². The number of nitrogens with zero attached hydrogens (tertiary/aromatic N) is 2. The fourth-order valence-corrected chi connectivity index (χ4v) is 3.80. The number of aromatic nitrogens is 2. The van der Waals surface area contributed by atoms with E-state index in [1.807, 2.05) is 13.2 Å². The predicted octanol–water partition coefficient (Wildman–Crippen LogP) is 0.719. The van der Waals surface area contributed by atoms with Crippen molar-refractivity contribution in [1.29, 1.82) is 0 Å². The number of carbonyl (C=O) groups excluding carboxylic acids is 1. The van der Waals surface area contributed by atoms with Crippen LogP contribution in [0.3, 0.4) is 0 Å². The number of hydrogen-bond donors (Lipinski definition) is 3. The monoisotopic (exact) mass is 292 g/mol. The first-order valence-corrected chi connectivity index (χ1v) is 7.29. The summed E-state index contributed by atoms with van der Waals surface area (Å²) in [5.41, 5.74) is 0.912. The third kappa shape index (κ3) is 2.72. The molecule has 0 radical (unpaired) electrons. The number of carboxylic acids is 1. The Kier molecular flexibility index (Phi) is 3.57. The summed E-state index contributed by atoms with van der Waals surface area (Å²) in [5, 5.41) is 19.0. The third-order valence-corrected chi connectivity index (χ3v) is 4.71. The zero-order chi connectivity index (χ0) is 15.0. The highest BCUT2D eigenvalue weighted by Gasteiger charge is 2.51. The van der Waals surface area contributed by atoms with E-state index < -0.39 is 11.9 Å². The second-order valence-corrected chi connectivity index (χ2v) is 6.07. The van der Waals surface area contributed by atoms with Crippen LogP contribution in [0.4, 0.5) is 4.79 Å². The molecule has 2 saturated carbocycles. The average molecular weight is 292 g/mol. The molecule has 0 aliphatic heterocycles. The molecule has 2 aliphatic rings. The van der Waals surface area contributed by atoms with Gasteiger partial charge in [0.2, 0.25) is 0 Å². The number of urea groups is 1. The molecule has 0 saturated heterocycles. The molecule has 0 spiro atoms. The van der Waals surface area contributed by atoms with Gasteiger partial charge >= 0.3 is 12.0 Å². The number of aliphatic carboxylic acids is 1. The van der Waals surface area contributed by atoms with E-state index in [4.69, 9.17) is 0 Å². The molecule has 7 nitrogen and oxygen atoms in total. The first-order chi connectivity index (χ1) is 10.0. The second-order valence-electron chi connectivity index (χ2n) is 6.07. The standard InChI is InChI=1S/C14H20N4O3/c1-18-7-8(6-16-18)5-15-14(21)17-12-10-3-2-9(4-10)11(12)13(19)20/h6-7,9-12H,2-5H2,1H3,(H,19,20)(H2,15,17,21). The Morgan fingerprint density at radius 3 is 2.86 bits per heavy atom. The van der Waals surface area contributed by atoms with Crippen molar-refractivity contribution in [2.45, 2.75) is 31.8 Å². The van der Waals surface area contributed by atoms with E-state index in [2.05, 4.69) is 15.7 Å². The van der Waals surface area contributed by atoms with E-state index in [0.29, 0.717) is 12.5 Å². The van der Waals surface area contributed by atoms with Gasteiger partial charge in [0.1, 0.15) is 0 Å². The number of fused-ring (bicyclic) bond motifs is 2. The second kappa shape index (κ2) is 5.38. The molecule has 4 unspecified atom stereocenters. The molecule has 2 bridgehead atoms. The summed E-state index contributed by atoms with van der Waals surface area (Å²) in [6.45, 7) is 0.387. The molecule has 1 aromatic heterocycles. The van der Waals surface area contributed by atoms with Crippen molar-refractivity contribution < 1.29 is 14.7 Å². The molecule has 0 aromatic carbocycles. The highest BCUT2D eigenvalue weighted by molar-refractivity contribution is 5.77. The molecule has 2 fully saturated rings. The van der Waals surface area contributed by atoms with Crippen molar-refractivity contribution in [3.63, 3.8) is 0 Å². The summed E-state index contributed by atoms with van der Waals surface area (Å²) in [6.07, 6.45) is 6.43. The quantitative estimate of drug-likeness (QED) is 0.762. The van der Waals surface area contributed by atoms with Crippen LogP contribution in [-0.4, -0.2) is 32.9 Å². The number of aryl methyl sites for hydroxylation is 1. The van der Waals surface area contributed by atoms with Crippen LogP contribution in [0, 0.1) is 17.8 Å². The maximum atomic E-state index is 12.0. The highest BCUT2D eigenvalue weighted by atomic mass is 16.4. The van der Waals surface area contributed by atoms with Gasteiger partial charge in [0, 0.05) is 31.4 Å². The molecular weight excluding hydrogens is 272 g/mol. The number of amides is 2. The minimum Gasteiger partial charge on any atom is -0.481 e. The van der Waals surface area contributed by atoms with Crippen molar-refractivity contribution in [3.05, 3.63) is 18.0 Å². The van der Waals surface area contributed by atoms with Gasteiger partial charge < -0.3 is 15.7 Å². The van der Waals surface area contributed by atoms with Crippen LogP contribution >= 0.6 is 0 Å². The summed E-state index contributed by atoms with van der Waals surface area (Å²) < 4.78 is 1.67. The van der Waals surface area contributed by atoms with E-state index in [1.165, 1.54) is 0 Å². The molecule has 2 aliphatic carbocycles. The molecule has 3 rings (SSSR count). The molecule has 4 atom stereocenters. The van der Waals surface area contributed by atoms with Crippen LogP contribution in [0.15, 0.2) is 12.4 Å². The first-order valence-electron chi connectivity index (χ1n) is 7.29. The smallest absolute Gasteiger partial charge is 0.315 e. The van der Waals surface area contributed by atoms with Gasteiger partial charge in [-0.1, -0.05) is 0 Å². The summed E-state index contributed by atoms with van der Waals surface area (Å²) in [5.74, 6) is -0.705. The Morgan fingerprint density at radius 1 is 1.43 bits per heavy atom. The molecule has 2 amide bonds. The van der Waals surface area contributed by atoms with Crippen molar-refractivity contribution in [2.24, 2.45) is 24.8 Å². The van der Waals surface area contributed by atoms with Gasteiger partial charge in [0.05, 0.1) is 12.1 Å². The molecule has 114 valence electrons. The predicted molar refractivity (Wildman–Crippen MR) is 74.3 cm³/mol. The fourth-order valence-electron chi connectivity index (χ4n) is 3.80. The van der Waals surface area contributed by atoms with E-state index in [0.717, 1.165) is 24.8 Å². The molecule has 3 N–H and O–H groups in total. The van der Waals surface area contributed by atoms with Crippen molar-refractivity contribution in [1.82, 2.24) is 20.4 Å². The summed E-state index contributed by atoms with van der Waals surface area (Å²) in [4.78, 5) is 23.4. The number of carbonyl (C=O) groups is 2. The average Bonchev–Trinajstić information content (AvgIpc) is 3.11. The van der Waals surface area contributed by atoms with Gasteiger partial charge in [0.15, 0.2) is 0 Å². The van der Waals surface area contributed by atoms with E-state index in [-0.39, 0.29) is 18.0 Å². The normalized spacial score (nSPS) is 30.3. The molecule has 7 heteroatoms.